The summed E-state index contributed by atoms with van der Waals surface area (Å²) in [6.07, 6.45) is 3.55. The van der Waals surface area contributed by atoms with Gasteiger partial charge in [0.25, 0.3) is 0 Å². The predicted octanol–water partition coefficient (Wildman–Crippen LogP) is 3.99. The Labute approximate surface area is 156 Å². The Balaban J connectivity index is 1.66. The van der Waals surface area contributed by atoms with Gasteiger partial charge in [0.1, 0.15) is 12.4 Å². The minimum Gasteiger partial charge on any atom is -0.493 e. The Morgan fingerprint density at radius 3 is 2.44 bits per heavy atom. The van der Waals surface area contributed by atoms with Crippen LogP contribution < -0.4 is 14.8 Å². The Hall–Kier alpha value is -3.41. The summed E-state index contributed by atoms with van der Waals surface area (Å²) >= 11 is 0. The van der Waals surface area contributed by atoms with Gasteiger partial charge in [-0.2, -0.15) is 0 Å². The number of nitrogens with one attached hydrogen (secondary N) is 1. The Morgan fingerprint density at radius 2 is 1.74 bits per heavy atom. The predicted molar refractivity (Wildman–Crippen MR) is 100 cm³/mol. The summed E-state index contributed by atoms with van der Waals surface area (Å²) in [7, 11) is 1.56. The number of amides is 1. The van der Waals surface area contributed by atoms with E-state index in [1.54, 1.807) is 49.8 Å². The van der Waals surface area contributed by atoms with Crippen molar-refractivity contribution in [1.82, 2.24) is 4.98 Å². The molecule has 1 amide bonds. The average molecular weight is 366 g/mol. The monoisotopic (exact) mass is 366 g/mol. The molecule has 138 valence electrons. The molecule has 1 aromatic heterocycles. The summed E-state index contributed by atoms with van der Waals surface area (Å²) in [5, 5.41) is 2.82. The fourth-order valence-corrected chi connectivity index (χ4v) is 2.50. The Morgan fingerprint density at radius 1 is 1.00 bits per heavy atom. The van der Waals surface area contributed by atoms with Crippen LogP contribution in [0.3, 0.4) is 0 Å². The number of ether oxygens (including phenoxy) is 2. The number of halogens is 1. The number of benzene rings is 2. The van der Waals surface area contributed by atoms with Crippen LogP contribution in [0, 0.1) is 5.82 Å². The molecular weight excluding hydrogens is 347 g/mol. The number of rotatable bonds is 7. The molecule has 0 radical (unpaired) electrons. The highest BCUT2D eigenvalue weighted by Crippen LogP contribution is 2.31. The molecule has 0 unspecified atom stereocenters. The Kier molecular flexibility index (Phi) is 5.99. The highest BCUT2D eigenvalue weighted by atomic mass is 19.1. The quantitative estimate of drug-likeness (QED) is 0.687. The molecule has 0 atom stereocenters. The number of anilines is 1. The van der Waals surface area contributed by atoms with E-state index in [2.05, 4.69) is 10.3 Å². The maximum Gasteiger partial charge on any atom is 0.228 e. The summed E-state index contributed by atoms with van der Waals surface area (Å²) in [5.74, 6) is 0.562. The van der Waals surface area contributed by atoms with Gasteiger partial charge in [-0.25, -0.2) is 4.39 Å². The van der Waals surface area contributed by atoms with Gasteiger partial charge < -0.3 is 14.8 Å². The van der Waals surface area contributed by atoms with Crippen LogP contribution >= 0.6 is 0 Å². The molecule has 0 saturated carbocycles. The molecule has 0 fully saturated rings. The van der Waals surface area contributed by atoms with E-state index in [9.17, 15) is 9.18 Å². The maximum atomic E-state index is 13.0. The Bertz CT molecular complexity index is 899. The molecule has 0 aliphatic carbocycles. The van der Waals surface area contributed by atoms with E-state index in [0.717, 1.165) is 11.1 Å². The summed E-state index contributed by atoms with van der Waals surface area (Å²) in [5.41, 5.74) is 2.29. The van der Waals surface area contributed by atoms with Crippen LogP contribution in [0.5, 0.6) is 11.5 Å². The van der Waals surface area contributed by atoms with E-state index in [1.165, 1.54) is 12.1 Å². The summed E-state index contributed by atoms with van der Waals surface area (Å²) in [6.45, 7) is 0.353. The topological polar surface area (TPSA) is 60.5 Å². The first-order valence-electron chi connectivity index (χ1n) is 8.38. The van der Waals surface area contributed by atoms with Gasteiger partial charge in [-0.15, -0.1) is 0 Å². The van der Waals surface area contributed by atoms with Crippen LogP contribution in [0.2, 0.25) is 0 Å². The lowest BCUT2D eigenvalue weighted by molar-refractivity contribution is -0.115. The van der Waals surface area contributed by atoms with Crippen molar-refractivity contribution in [3.63, 3.8) is 0 Å². The zero-order chi connectivity index (χ0) is 19.1. The second kappa shape index (κ2) is 8.80. The maximum absolute atomic E-state index is 13.0. The number of aromatic nitrogens is 1. The molecule has 1 heterocycles. The van der Waals surface area contributed by atoms with Crippen molar-refractivity contribution in [3.05, 3.63) is 83.9 Å². The first-order valence-corrected chi connectivity index (χ1v) is 8.38. The van der Waals surface area contributed by atoms with E-state index in [1.807, 2.05) is 12.1 Å². The van der Waals surface area contributed by atoms with Crippen molar-refractivity contribution >= 4 is 11.6 Å². The molecule has 0 saturated heterocycles. The van der Waals surface area contributed by atoms with Crippen LogP contribution in [0.15, 0.2) is 67.0 Å². The lowest BCUT2D eigenvalue weighted by Gasteiger charge is -2.13. The highest BCUT2D eigenvalue weighted by molar-refractivity contribution is 5.92. The van der Waals surface area contributed by atoms with E-state index in [4.69, 9.17) is 9.47 Å². The third-order valence-corrected chi connectivity index (χ3v) is 3.87. The number of methoxy groups -OCH3 is 1. The molecule has 0 aliphatic rings. The fourth-order valence-electron chi connectivity index (χ4n) is 2.50. The number of hydrogen-bond acceptors (Lipinski definition) is 4. The van der Waals surface area contributed by atoms with Gasteiger partial charge in [-0.1, -0.05) is 12.1 Å². The molecule has 1 N–H and O–H groups in total. The molecular formula is C21H19FN2O3. The van der Waals surface area contributed by atoms with Crippen molar-refractivity contribution in [3.8, 4) is 11.5 Å². The molecule has 0 bridgehead atoms. The normalized spacial score (nSPS) is 10.3. The summed E-state index contributed by atoms with van der Waals surface area (Å²) in [4.78, 5) is 16.2. The number of carbonyl (C=O) groups excluding carboxylic acids is 1. The van der Waals surface area contributed by atoms with Crippen LogP contribution in [0.25, 0.3) is 0 Å². The van der Waals surface area contributed by atoms with Gasteiger partial charge in [-0.3, -0.25) is 9.78 Å². The molecule has 27 heavy (non-hydrogen) atoms. The number of hydrogen-bond donors (Lipinski definition) is 1. The van der Waals surface area contributed by atoms with Gasteiger partial charge >= 0.3 is 0 Å². The van der Waals surface area contributed by atoms with Crippen molar-refractivity contribution in [2.75, 3.05) is 12.4 Å². The van der Waals surface area contributed by atoms with Gasteiger partial charge in [0.2, 0.25) is 5.91 Å². The molecule has 0 aliphatic heterocycles. The first kappa shape index (κ1) is 18.4. The smallest absolute Gasteiger partial charge is 0.228 e. The average Bonchev–Trinajstić information content (AvgIpc) is 2.69. The van der Waals surface area contributed by atoms with E-state index >= 15 is 0 Å². The summed E-state index contributed by atoms with van der Waals surface area (Å²) in [6, 6.07) is 14.8. The van der Waals surface area contributed by atoms with E-state index in [0.29, 0.717) is 23.8 Å². The third-order valence-electron chi connectivity index (χ3n) is 3.87. The molecule has 6 heteroatoms. The van der Waals surface area contributed by atoms with Crippen molar-refractivity contribution in [2.45, 2.75) is 13.0 Å². The van der Waals surface area contributed by atoms with Gasteiger partial charge in [0.05, 0.1) is 13.5 Å². The zero-order valence-corrected chi connectivity index (χ0v) is 14.8. The highest BCUT2D eigenvalue weighted by Gasteiger charge is 2.09. The molecule has 2 aromatic carbocycles. The SMILES string of the molecule is COc1ccc(NC(=O)Cc2ccc(F)cc2)cc1OCc1ccncc1. The first-order chi connectivity index (χ1) is 13.1. The summed E-state index contributed by atoms with van der Waals surface area (Å²) < 4.78 is 24.1. The second-order valence-electron chi connectivity index (χ2n) is 5.86. The fraction of sp³-hybridized carbons (Fsp3) is 0.143. The van der Waals surface area contributed by atoms with Crippen molar-refractivity contribution < 1.29 is 18.7 Å². The molecule has 5 nitrogen and oxygen atoms in total. The lowest BCUT2D eigenvalue weighted by atomic mass is 10.1. The van der Waals surface area contributed by atoms with Gasteiger partial charge in [0, 0.05) is 24.1 Å². The minimum absolute atomic E-state index is 0.152. The van der Waals surface area contributed by atoms with Crippen LogP contribution in [0.4, 0.5) is 10.1 Å². The van der Waals surface area contributed by atoms with Crippen LogP contribution in [-0.4, -0.2) is 18.0 Å². The van der Waals surface area contributed by atoms with E-state index in [-0.39, 0.29) is 18.1 Å². The zero-order valence-electron chi connectivity index (χ0n) is 14.8. The second-order valence-corrected chi connectivity index (χ2v) is 5.86. The lowest BCUT2D eigenvalue weighted by Crippen LogP contribution is -2.14. The minimum atomic E-state index is -0.328. The van der Waals surface area contributed by atoms with Crippen LogP contribution in [0.1, 0.15) is 11.1 Å². The van der Waals surface area contributed by atoms with Crippen molar-refractivity contribution in [2.24, 2.45) is 0 Å². The van der Waals surface area contributed by atoms with Crippen molar-refractivity contribution in [1.29, 1.82) is 0 Å². The third kappa shape index (κ3) is 5.28. The molecule has 3 rings (SSSR count). The van der Waals surface area contributed by atoms with E-state index < -0.39 is 0 Å². The molecule has 3 aromatic rings. The van der Waals surface area contributed by atoms with Crippen LogP contribution in [-0.2, 0) is 17.8 Å². The van der Waals surface area contributed by atoms with Gasteiger partial charge in [-0.05, 0) is 47.5 Å². The largest absolute Gasteiger partial charge is 0.493 e. The van der Waals surface area contributed by atoms with Gasteiger partial charge in [0.15, 0.2) is 11.5 Å². The standard InChI is InChI=1S/C21H19FN2O3/c1-26-19-7-6-18(13-20(19)27-14-16-8-10-23-11-9-16)24-21(25)12-15-2-4-17(22)5-3-15/h2-11,13H,12,14H2,1H3,(H,24,25). The molecule has 0 spiro atoms. The number of carbonyl (C=O) groups is 1. The number of nitrogens with zero attached hydrogens (tertiary/aromatic N) is 1. The number of pyridine rings is 1.